The molecule has 0 radical (unpaired) electrons. The first-order valence-corrected chi connectivity index (χ1v) is 9.38. The summed E-state index contributed by atoms with van der Waals surface area (Å²) in [6.45, 7) is 3.31. The minimum absolute atomic E-state index is 0.0378. The Morgan fingerprint density at radius 3 is 2.71 bits per heavy atom. The second-order valence-electron chi connectivity index (χ2n) is 7.44. The molecule has 0 N–H and O–H groups in total. The van der Waals surface area contributed by atoms with Gasteiger partial charge in [-0.1, -0.05) is 6.07 Å². The van der Waals surface area contributed by atoms with Crippen LogP contribution in [0.4, 0.5) is 10.1 Å². The summed E-state index contributed by atoms with van der Waals surface area (Å²) in [5.41, 5.74) is 1.45. The van der Waals surface area contributed by atoms with Gasteiger partial charge in [-0.3, -0.25) is 14.6 Å². The number of pyridine rings is 1. The molecule has 2 aromatic rings. The monoisotopic (exact) mass is 383 g/mol. The van der Waals surface area contributed by atoms with Crippen LogP contribution in [0, 0.1) is 12.7 Å². The molecule has 0 unspecified atom stereocenters. The van der Waals surface area contributed by atoms with E-state index in [4.69, 9.17) is 4.74 Å². The van der Waals surface area contributed by atoms with E-state index in [2.05, 4.69) is 4.98 Å². The third-order valence-corrected chi connectivity index (χ3v) is 5.47. The van der Waals surface area contributed by atoms with Crippen LogP contribution in [-0.2, 0) is 9.53 Å². The van der Waals surface area contributed by atoms with Gasteiger partial charge in [0.15, 0.2) is 0 Å². The molecule has 2 saturated heterocycles. The number of aryl methyl sites for hydroxylation is 1. The number of hydrogen-bond donors (Lipinski definition) is 0. The molecule has 2 amide bonds. The zero-order valence-electron chi connectivity index (χ0n) is 15.7. The molecule has 2 aliphatic heterocycles. The summed E-state index contributed by atoms with van der Waals surface area (Å²) in [5.74, 6) is -0.650. The van der Waals surface area contributed by atoms with Gasteiger partial charge in [0.1, 0.15) is 18.1 Å². The third-order valence-electron chi connectivity index (χ3n) is 5.47. The van der Waals surface area contributed by atoms with E-state index in [9.17, 15) is 14.0 Å². The second-order valence-corrected chi connectivity index (χ2v) is 7.44. The van der Waals surface area contributed by atoms with E-state index in [-0.39, 0.29) is 24.2 Å². The standard InChI is InChI=1S/C21H22FN3O3/c1-15-5-8-23-18(11-15)20(27)24-9-6-21(7-10-24)14-25(19(26)13-28-21)17-4-2-3-16(22)12-17/h2-5,8,11-12H,6-7,9-10,13-14H2,1H3. The van der Waals surface area contributed by atoms with Gasteiger partial charge in [0.2, 0.25) is 0 Å². The number of hydrogen-bond acceptors (Lipinski definition) is 4. The molecule has 0 atom stereocenters. The summed E-state index contributed by atoms with van der Waals surface area (Å²) in [6, 6.07) is 9.68. The molecule has 7 heteroatoms. The molecule has 2 fully saturated rings. The number of anilines is 1. The van der Waals surface area contributed by atoms with E-state index in [1.807, 2.05) is 13.0 Å². The maximum absolute atomic E-state index is 13.6. The minimum Gasteiger partial charge on any atom is -0.363 e. The van der Waals surface area contributed by atoms with Crippen molar-refractivity contribution in [3.05, 3.63) is 59.7 Å². The zero-order valence-corrected chi connectivity index (χ0v) is 15.7. The highest BCUT2D eigenvalue weighted by atomic mass is 19.1. The molecule has 3 heterocycles. The summed E-state index contributed by atoms with van der Waals surface area (Å²) < 4.78 is 19.5. The van der Waals surface area contributed by atoms with E-state index < -0.39 is 5.60 Å². The van der Waals surface area contributed by atoms with E-state index in [0.29, 0.717) is 43.9 Å². The van der Waals surface area contributed by atoms with E-state index in [0.717, 1.165) is 5.56 Å². The van der Waals surface area contributed by atoms with Gasteiger partial charge < -0.3 is 14.5 Å². The lowest BCUT2D eigenvalue weighted by atomic mass is 9.88. The van der Waals surface area contributed by atoms with Crippen LogP contribution < -0.4 is 4.90 Å². The largest absolute Gasteiger partial charge is 0.363 e. The predicted molar refractivity (Wildman–Crippen MR) is 102 cm³/mol. The lowest BCUT2D eigenvalue weighted by Gasteiger charge is -2.46. The summed E-state index contributed by atoms with van der Waals surface area (Å²) in [4.78, 5) is 32.6. The molecule has 0 bridgehead atoms. The maximum Gasteiger partial charge on any atom is 0.272 e. The Morgan fingerprint density at radius 1 is 1.21 bits per heavy atom. The van der Waals surface area contributed by atoms with Crippen molar-refractivity contribution in [2.24, 2.45) is 0 Å². The predicted octanol–water partition coefficient (Wildman–Crippen LogP) is 2.57. The van der Waals surface area contributed by atoms with Crippen molar-refractivity contribution in [3.8, 4) is 0 Å². The number of piperidine rings is 1. The van der Waals surface area contributed by atoms with Crippen molar-refractivity contribution in [2.45, 2.75) is 25.4 Å². The van der Waals surface area contributed by atoms with Gasteiger partial charge >= 0.3 is 0 Å². The van der Waals surface area contributed by atoms with Crippen LogP contribution in [0.1, 0.15) is 28.9 Å². The average molecular weight is 383 g/mol. The Balaban J connectivity index is 1.46. The van der Waals surface area contributed by atoms with Crippen LogP contribution in [0.2, 0.25) is 0 Å². The Labute approximate surface area is 162 Å². The fraction of sp³-hybridized carbons (Fsp3) is 0.381. The second kappa shape index (κ2) is 7.31. The lowest BCUT2D eigenvalue weighted by molar-refractivity contribution is -0.143. The number of benzene rings is 1. The average Bonchev–Trinajstić information content (AvgIpc) is 2.70. The van der Waals surface area contributed by atoms with Crippen molar-refractivity contribution in [3.63, 3.8) is 0 Å². The van der Waals surface area contributed by atoms with Crippen molar-refractivity contribution in [1.82, 2.24) is 9.88 Å². The van der Waals surface area contributed by atoms with Crippen molar-refractivity contribution in [2.75, 3.05) is 31.1 Å². The summed E-state index contributed by atoms with van der Waals surface area (Å²) in [5, 5.41) is 0. The number of amides is 2. The molecular weight excluding hydrogens is 361 g/mol. The number of ether oxygens (including phenoxy) is 1. The molecule has 28 heavy (non-hydrogen) atoms. The highest BCUT2D eigenvalue weighted by Crippen LogP contribution is 2.33. The Kier molecular flexibility index (Phi) is 4.85. The molecule has 0 saturated carbocycles. The third kappa shape index (κ3) is 3.62. The number of carbonyl (C=O) groups excluding carboxylic acids is 2. The number of halogens is 1. The molecule has 146 valence electrons. The van der Waals surface area contributed by atoms with Gasteiger partial charge in [0.05, 0.1) is 12.1 Å². The van der Waals surface area contributed by atoms with Crippen molar-refractivity contribution in [1.29, 1.82) is 0 Å². The van der Waals surface area contributed by atoms with Gasteiger partial charge in [-0.2, -0.15) is 0 Å². The lowest BCUT2D eigenvalue weighted by Crippen LogP contribution is -2.59. The molecule has 1 aromatic heterocycles. The Hall–Kier alpha value is -2.80. The molecule has 1 spiro atoms. The normalized spacial score (nSPS) is 19.1. The quantitative estimate of drug-likeness (QED) is 0.800. The van der Waals surface area contributed by atoms with Crippen LogP contribution in [0.15, 0.2) is 42.6 Å². The Bertz CT molecular complexity index is 909. The van der Waals surface area contributed by atoms with E-state index >= 15 is 0 Å². The van der Waals surface area contributed by atoms with Crippen LogP contribution in [0.5, 0.6) is 0 Å². The van der Waals surface area contributed by atoms with Gasteiger partial charge in [-0.05, 0) is 55.7 Å². The van der Waals surface area contributed by atoms with Crippen LogP contribution in [-0.4, -0.2) is 53.5 Å². The molecule has 4 rings (SSSR count). The van der Waals surface area contributed by atoms with Gasteiger partial charge in [-0.25, -0.2) is 4.39 Å². The van der Waals surface area contributed by atoms with E-state index in [1.165, 1.54) is 12.1 Å². The summed E-state index contributed by atoms with van der Waals surface area (Å²) in [7, 11) is 0. The fourth-order valence-electron chi connectivity index (χ4n) is 3.83. The number of rotatable bonds is 2. The summed E-state index contributed by atoms with van der Waals surface area (Å²) >= 11 is 0. The van der Waals surface area contributed by atoms with E-state index in [1.54, 1.807) is 34.2 Å². The number of morpholine rings is 1. The molecule has 0 aliphatic carbocycles. The number of likely N-dealkylation sites (tertiary alicyclic amines) is 1. The first-order chi connectivity index (χ1) is 13.5. The van der Waals surface area contributed by atoms with Crippen LogP contribution in [0.25, 0.3) is 0 Å². The zero-order chi connectivity index (χ0) is 19.7. The number of aromatic nitrogens is 1. The van der Waals surface area contributed by atoms with Gasteiger partial charge in [0, 0.05) is 25.0 Å². The molecule has 2 aliphatic rings. The molecular formula is C21H22FN3O3. The smallest absolute Gasteiger partial charge is 0.272 e. The van der Waals surface area contributed by atoms with Crippen molar-refractivity contribution < 1.29 is 18.7 Å². The highest BCUT2D eigenvalue weighted by molar-refractivity contribution is 5.95. The topological polar surface area (TPSA) is 62.7 Å². The first kappa shape index (κ1) is 18.6. The maximum atomic E-state index is 13.6. The Morgan fingerprint density at radius 2 is 2.00 bits per heavy atom. The summed E-state index contributed by atoms with van der Waals surface area (Å²) in [6.07, 6.45) is 2.87. The highest BCUT2D eigenvalue weighted by Gasteiger charge is 2.43. The van der Waals surface area contributed by atoms with Gasteiger partial charge in [-0.15, -0.1) is 0 Å². The molecule has 1 aromatic carbocycles. The van der Waals surface area contributed by atoms with Crippen molar-refractivity contribution >= 4 is 17.5 Å². The first-order valence-electron chi connectivity index (χ1n) is 9.38. The van der Waals surface area contributed by atoms with Gasteiger partial charge in [0.25, 0.3) is 11.8 Å². The number of carbonyl (C=O) groups is 2. The fourth-order valence-corrected chi connectivity index (χ4v) is 3.83. The van der Waals surface area contributed by atoms with Crippen LogP contribution >= 0.6 is 0 Å². The number of nitrogens with zero attached hydrogens (tertiary/aromatic N) is 3. The van der Waals surface area contributed by atoms with Crippen LogP contribution in [0.3, 0.4) is 0 Å². The molecule has 6 nitrogen and oxygen atoms in total. The SMILES string of the molecule is Cc1ccnc(C(=O)N2CCC3(CC2)CN(c2cccc(F)c2)C(=O)CO3)c1. The minimum atomic E-state index is -0.517.